The van der Waals surface area contributed by atoms with Crippen molar-refractivity contribution in [3.8, 4) is 0 Å². The van der Waals surface area contributed by atoms with Crippen molar-refractivity contribution in [1.29, 1.82) is 0 Å². The summed E-state index contributed by atoms with van der Waals surface area (Å²) >= 11 is 0. The van der Waals surface area contributed by atoms with Gasteiger partial charge in [0, 0.05) is 12.5 Å². The number of benzene rings is 1. The molecular weight excluding hydrogens is 488 g/mol. The number of rotatable bonds is 15. The molecule has 0 aliphatic carbocycles. The largest absolute Gasteiger partial charge is 0.467 e. The lowest BCUT2D eigenvalue weighted by atomic mass is 9.97. The summed E-state index contributed by atoms with van der Waals surface area (Å²) in [6, 6.07) is 5.50. The minimum absolute atomic E-state index is 0.0356. The fourth-order valence-corrected chi connectivity index (χ4v) is 4.06. The third-order valence-corrected chi connectivity index (χ3v) is 6.09. The number of aliphatic hydroxyl groups excluding tert-OH is 1. The zero-order valence-electron chi connectivity index (χ0n) is 23.7. The van der Waals surface area contributed by atoms with Crippen LogP contribution in [0.15, 0.2) is 30.3 Å². The molecular formula is C28H46N4O6. The molecule has 6 N–H and O–H groups in total. The first-order valence-corrected chi connectivity index (χ1v) is 13.2. The predicted molar refractivity (Wildman–Crippen MR) is 146 cm³/mol. The molecule has 1 aromatic rings. The van der Waals surface area contributed by atoms with E-state index < -0.39 is 54.0 Å². The Morgan fingerprint density at radius 1 is 0.816 bits per heavy atom. The zero-order valence-corrected chi connectivity index (χ0v) is 23.7. The van der Waals surface area contributed by atoms with Crippen LogP contribution in [-0.4, -0.2) is 66.2 Å². The normalized spacial score (nSPS) is 15.4. The SMILES string of the molecule is COC(=O)[C@H](Cc1ccccc1)NC(=O)[C@@H](NC(=O)[C@H](CC(C)C)NC(=O)[C@@H](O)[C@@H](N)CC(C)C)C(C)C. The fraction of sp³-hybridized carbons (Fsp3) is 0.643. The minimum Gasteiger partial charge on any atom is -0.467 e. The summed E-state index contributed by atoms with van der Waals surface area (Å²) in [6.45, 7) is 11.2. The molecule has 0 spiro atoms. The molecule has 214 valence electrons. The van der Waals surface area contributed by atoms with Gasteiger partial charge in [0.1, 0.15) is 24.2 Å². The van der Waals surface area contributed by atoms with Gasteiger partial charge < -0.3 is 31.5 Å². The Balaban J connectivity index is 3.01. The van der Waals surface area contributed by atoms with Gasteiger partial charge in [0.15, 0.2) is 0 Å². The molecule has 0 radical (unpaired) electrons. The Hall–Kier alpha value is -2.98. The van der Waals surface area contributed by atoms with Gasteiger partial charge in [-0.05, 0) is 36.2 Å². The highest BCUT2D eigenvalue weighted by atomic mass is 16.5. The molecule has 1 aromatic carbocycles. The molecule has 0 bridgehead atoms. The lowest BCUT2D eigenvalue weighted by Crippen LogP contribution is -2.59. The van der Waals surface area contributed by atoms with Gasteiger partial charge in [0.05, 0.1) is 7.11 Å². The average Bonchev–Trinajstić information content (AvgIpc) is 2.84. The van der Waals surface area contributed by atoms with E-state index in [1.807, 2.05) is 58.0 Å². The number of carbonyl (C=O) groups excluding carboxylic acids is 4. The Morgan fingerprint density at radius 3 is 1.87 bits per heavy atom. The van der Waals surface area contributed by atoms with E-state index in [9.17, 15) is 24.3 Å². The molecule has 0 saturated heterocycles. The number of nitrogens with one attached hydrogen (secondary N) is 3. The first kappa shape index (κ1) is 33.0. The van der Waals surface area contributed by atoms with Crippen LogP contribution >= 0.6 is 0 Å². The van der Waals surface area contributed by atoms with Gasteiger partial charge >= 0.3 is 5.97 Å². The molecule has 0 heterocycles. The van der Waals surface area contributed by atoms with Crippen molar-refractivity contribution in [1.82, 2.24) is 16.0 Å². The monoisotopic (exact) mass is 534 g/mol. The van der Waals surface area contributed by atoms with Crippen LogP contribution in [0.1, 0.15) is 59.9 Å². The summed E-state index contributed by atoms with van der Waals surface area (Å²) in [5, 5.41) is 18.4. The Bertz CT molecular complexity index is 906. The molecule has 0 aromatic heterocycles. The lowest BCUT2D eigenvalue weighted by molar-refractivity contribution is -0.145. The van der Waals surface area contributed by atoms with Gasteiger partial charge in [0.2, 0.25) is 11.8 Å². The van der Waals surface area contributed by atoms with Crippen molar-refractivity contribution >= 4 is 23.7 Å². The number of aliphatic hydroxyl groups is 1. The number of hydrogen-bond donors (Lipinski definition) is 5. The third kappa shape index (κ3) is 11.2. The summed E-state index contributed by atoms with van der Waals surface area (Å²) in [6.07, 6.45) is -0.522. The topological polar surface area (TPSA) is 160 Å². The average molecular weight is 535 g/mol. The van der Waals surface area contributed by atoms with Crippen LogP contribution < -0.4 is 21.7 Å². The highest BCUT2D eigenvalue weighted by Crippen LogP contribution is 2.12. The van der Waals surface area contributed by atoms with E-state index in [0.717, 1.165) is 5.56 Å². The standard InChI is InChI=1S/C28H46N4O6/c1-16(2)13-20(29)24(33)27(36)30-21(14-17(3)4)25(34)32-23(18(5)6)26(35)31-22(28(37)38-7)15-19-11-9-8-10-12-19/h8-12,16-18,20-24,33H,13-15,29H2,1-7H3,(H,30,36)(H,31,35)(H,32,34)/t20-,21-,22-,23-,24-/m0/s1. The van der Waals surface area contributed by atoms with Crippen molar-refractivity contribution in [2.75, 3.05) is 7.11 Å². The lowest BCUT2D eigenvalue weighted by Gasteiger charge is -2.28. The zero-order chi connectivity index (χ0) is 29.0. The summed E-state index contributed by atoms with van der Waals surface area (Å²) in [5.74, 6) is -2.56. The summed E-state index contributed by atoms with van der Waals surface area (Å²) in [7, 11) is 1.24. The van der Waals surface area contributed by atoms with E-state index in [4.69, 9.17) is 10.5 Å². The van der Waals surface area contributed by atoms with Crippen LogP contribution in [0.5, 0.6) is 0 Å². The van der Waals surface area contributed by atoms with Crippen LogP contribution in [0, 0.1) is 17.8 Å². The van der Waals surface area contributed by atoms with Crippen LogP contribution in [0.4, 0.5) is 0 Å². The second-order valence-corrected chi connectivity index (χ2v) is 10.9. The maximum absolute atomic E-state index is 13.3. The Labute approximate surface area is 226 Å². The van der Waals surface area contributed by atoms with Crippen molar-refractivity contribution in [3.05, 3.63) is 35.9 Å². The highest BCUT2D eigenvalue weighted by molar-refractivity contribution is 5.94. The van der Waals surface area contributed by atoms with Gasteiger partial charge in [-0.1, -0.05) is 71.9 Å². The highest BCUT2D eigenvalue weighted by Gasteiger charge is 2.33. The van der Waals surface area contributed by atoms with E-state index in [2.05, 4.69) is 16.0 Å². The van der Waals surface area contributed by atoms with Crippen molar-refractivity contribution in [3.63, 3.8) is 0 Å². The van der Waals surface area contributed by atoms with Crippen LogP contribution in [-0.2, 0) is 30.3 Å². The van der Waals surface area contributed by atoms with E-state index in [0.29, 0.717) is 6.42 Å². The molecule has 5 atom stereocenters. The van der Waals surface area contributed by atoms with Crippen molar-refractivity contribution in [2.45, 2.75) is 91.1 Å². The molecule has 10 heteroatoms. The van der Waals surface area contributed by atoms with Gasteiger partial charge in [-0.25, -0.2) is 4.79 Å². The third-order valence-electron chi connectivity index (χ3n) is 6.09. The summed E-state index contributed by atoms with van der Waals surface area (Å²) < 4.78 is 4.88. The van der Waals surface area contributed by atoms with Crippen LogP contribution in [0.3, 0.4) is 0 Å². The maximum atomic E-state index is 13.3. The number of esters is 1. The first-order valence-electron chi connectivity index (χ1n) is 13.2. The van der Waals surface area contributed by atoms with E-state index in [1.165, 1.54) is 7.11 Å². The van der Waals surface area contributed by atoms with E-state index in [1.54, 1.807) is 13.8 Å². The molecule has 0 saturated carbocycles. The number of methoxy groups -OCH3 is 1. The quantitative estimate of drug-likeness (QED) is 0.212. The molecule has 0 unspecified atom stereocenters. The van der Waals surface area contributed by atoms with Gasteiger partial charge in [0.25, 0.3) is 5.91 Å². The predicted octanol–water partition coefficient (Wildman–Crippen LogP) is 1.29. The molecule has 0 fully saturated rings. The first-order chi connectivity index (χ1) is 17.8. The number of nitrogens with two attached hydrogens (primary N) is 1. The molecule has 3 amide bonds. The maximum Gasteiger partial charge on any atom is 0.328 e. The molecule has 0 aliphatic heterocycles. The summed E-state index contributed by atoms with van der Waals surface area (Å²) in [4.78, 5) is 51.6. The number of ether oxygens (including phenoxy) is 1. The second kappa shape index (κ2) is 16.1. The smallest absolute Gasteiger partial charge is 0.328 e. The van der Waals surface area contributed by atoms with Crippen molar-refractivity contribution < 1.29 is 29.0 Å². The Morgan fingerprint density at radius 2 is 1.37 bits per heavy atom. The van der Waals surface area contributed by atoms with Crippen molar-refractivity contribution in [2.24, 2.45) is 23.5 Å². The van der Waals surface area contributed by atoms with Gasteiger partial charge in [-0.15, -0.1) is 0 Å². The summed E-state index contributed by atoms with van der Waals surface area (Å²) in [5.41, 5.74) is 6.80. The minimum atomic E-state index is -1.47. The van der Waals surface area contributed by atoms with Crippen LogP contribution in [0.2, 0.25) is 0 Å². The molecule has 10 nitrogen and oxygen atoms in total. The Kier molecular flexibility index (Phi) is 14.0. The van der Waals surface area contributed by atoms with Gasteiger partial charge in [-0.3, -0.25) is 14.4 Å². The molecule has 0 aliphatic rings. The number of amides is 3. The fourth-order valence-electron chi connectivity index (χ4n) is 4.06. The van der Waals surface area contributed by atoms with Crippen LogP contribution in [0.25, 0.3) is 0 Å². The van der Waals surface area contributed by atoms with Gasteiger partial charge in [-0.2, -0.15) is 0 Å². The second-order valence-electron chi connectivity index (χ2n) is 10.9. The van der Waals surface area contributed by atoms with E-state index in [-0.39, 0.29) is 30.6 Å². The molecule has 38 heavy (non-hydrogen) atoms. The van der Waals surface area contributed by atoms with E-state index >= 15 is 0 Å². The number of carbonyl (C=O) groups is 4. The number of hydrogen-bond acceptors (Lipinski definition) is 7. The molecule has 1 rings (SSSR count).